The molecule has 0 bridgehead atoms. The van der Waals surface area contributed by atoms with Crippen molar-refractivity contribution in [1.82, 2.24) is 0 Å². The highest BCUT2D eigenvalue weighted by Crippen LogP contribution is 2.39. The zero-order valence-electron chi connectivity index (χ0n) is 10.4. The van der Waals surface area contributed by atoms with Crippen LogP contribution in [0.1, 0.15) is 25.0 Å². The molecule has 1 aromatic rings. The first-order valence-corrected chi connectivity index (χ1v) is 7.05. The molecule has 0 saturated carbocycles. The van der Waals surface area contributed by atoms with E-state index in [2.05, 4.69) is 5.32 Å². The molecule has 1 saturated heterocycles. The van der Waals surface area contributed by atoms with Gasteiger partial charge < -0.3 is 15.2 Å². The van der Waals surface area contributed by atoms with Crippen LogP contribution in [0.4, 0.5) is 10.1 Å². The van der Waals surface area contributed by atoms with Crippen LogP contribution < -0.4 is 5.32 Å². The molecular weight excluding hydrogens is 269 g/mol. The fourth-order valence-electron chi connectivity index (χ4n) is 2.37. The van der Waals surface area contributed by atoms with E-state index in [4.69, 9.17) is 4.74 Å². The topological polar surface area (TPSA) is 58.6 Å². The molecule has 3 unspecified atom stereocenters. The van der Waals surface area contributed by atoms with Crippen LogP contribution in [-0.4, -0.2) is 29.0 Å². The van der Waals surface area contributed by atoms with Crippen molar-refractivity contribution in [2.75, 3.05) is 11.9 Å². The van der Waals surface area contributed by atoms with E-state index in [1.54, 1.807) is 6.07 Å². The Balaban J connectivity index is 1.88. The number of benzene rings is 1. The van der Waals surface area contributed by atoms with Gasteiger partial charge >= 0.3 is 0 Å². The summed E-state index contributed by atoms with van der Waals surface area (Å²) in [6.45, 7) is 2.67. The maximum atomic E-state index is 14.0. The fraction of sp³-hybridized carbons (Fsp3) is 0.462. The molecule has 3 rings (SSSR count). The van der Waals surface area contributed by atoms with E-state index in [1.807, 2.05) is 6.92 Å². The van der Waals surface area contributed by atoms with Crippen LogP contribution in [0.3, 0.4) is 0 Å². The number of thioether (sulfide) groups is 1. The van der Waals surface area contributed by atoms with Crippen LogP contribution in [0.2, 0.25) is 0 Å². The number of hydrogen-bond donors (Lipinski definition) is 2. The molecule has 0 aromatic heterocycles. The SMILES string of the molecule is CC1OCCC1Sc1cc2c(cc1F)C(O)C(=O)N2. The molecule has 1 aromatic carbocycles. The van der Waals surface area contributed by atoms with Gasteiger partial charge in [0.05, 0.1) is 6.10 Å². The van der Waals surface area contributed by atoms with Gasteiger partial charge in [-0.2, -0.15) is 0 Å². The van der Waals surface area contributed by atoms with E-state index >= 15 is 0 Å². The third-order valence-electron chi connectivity index (χ3n) is 3.49. The van der Waals surface area contributed by atoms with E-state index in [0.29, 0.717) is 22.8 Å². The number of rotatable bonds is 2. The number of carbonyl (C=O) groups is 1. The monoisotopic (exact) mass is 283 g/mol. The molecule has 1 fully saturated rings. The van der Waals surface area contributed by atoms with Crippen molar-refractivity contribution in [3.8, 4) is 0 Å². The number of aliphatic hydroxyl groups is 1. The average molecular weight is 283 g/mol. The summed E-state index contributed by atoms with van der Waals surface area (Å²) in [6, 6.07) is 2.83. The van der Waals surface area contributed by atoms with Gasteiger partial charge in [-0.05, 0) is 25.5 Å². The Labute approximate surface area is 114 Å². The van der Waals surface area contributed by atoms with Gasteiger partial charge in [-0.15, -0.1) is 11.8 Å². The number of aliphatic hydroxyl groups excluding tert-OH is 1. The van der Waals surface area contributed by atoms with Crippen LogP contribution in [0.25, 0.3) is 0 Å². The van der Waals surface area contributed by atoms with Gasteiger partial charge in [0.15, 0.2) is 6.10 Å². The molecule has 2 aliphatic heterocycles. The van der Waals surface area contributed by atoms with Crippen molar-refractivity contribution in [2.24, 2.45) is 0 Å². The van der Waals surface area contributed by atoms with Gasteiger partial charge in [-0.1, -0.05) is 0 Å². The summed E-state index contributed by atoms with van der Waals surface area (Å²) in [5.74, 6) is -0.910. The number of amides is 1. The molecular formula is C13H14FNO3S. The molecule has 2 N–H and O–H groups in total. The highest BCUT2D eigenvalue weighted by molar-refractivity contribution is 8.00. The zero-order chi connectivity index (χ0) is 13.6. The number of hydrogen-bond acceptors (Lipinski definition) is 4. The molecule has 2 aliphatic rings. The maximum Gasteiger partial charge on any atom is 0.257 e. The Hall–Kier alpha value is -1.11. The Morgan fingerprint density at radius 1 is 1.53 bits per heavy atom. The predicted octanol–water partition coefficient (Wildman–Crippen LogP) is 2.08. The number of halogens is 1. The Kier molecular flexibility index (Phi) is 3.24. The fourth-order valence-corrected chi connectivity index (χ4v) is 3.53. The van der Waals surface area contributed by atoms with Crippen molar-refractivity contribution in [2.45, 2.75) is 35.7 Å². The lowest BCUT2D eigenvalue weighted by molar-refractivity contribution is -0.123. The van der Waals surface area contributed by atoms with Crippen LogP contribution in [0.5, 0.6) is 0 Å². The molecule has 19 heavy (non-hydrogen) atoms. The lowest BCUT2D eigenvalue weighted by Gasteiger charge is -2.14. The van der Waals surface area contributed by atoms with E-state index in [0.717, 1.165) is 6.42 Å². The first-order chi connectivity index (χ1) is 9.06. The number of nitrogens with one attached hydrogen (secondary N) is 1. The van der Waals surface area contributed by atoms with Crippen molar-refractivity contribution < 1.29 is 19.0 Å². The van der Waals surface area contributed by atoms with Crippen LogP contribution in [0, 0.1) is 5.82 Å². The predicted molar refractivity (Wildman–Crippen MR) is 69.7 cm³/mol. The normalized spacial score (nSPS) is 29.4. The molecule has 1 amide bonds. The van der Waals surface area contributed by atoms with Gasteiger partial charge in [-0.25, -0.2) is 4.39 Å². The second-order valence-electron chi connectivity index (χ2n) is 4.78. The van der Waals surface area contributed by atoms with Gasteiger partial charge in [0.2, 0.25) is 0 Å². The lowest BCUT2D eigenvalue weighted by Crippen LogP contribution is -2.13. The average Bonchev–Trinajstić information content (AvgIpc) is 2.88. The van der Waals surface area contributed by atoms with E-state index in [1.165, 1.54) is 17.8 Å². The van der Waals surface area contributed by atoms with Crippen molar-refractivity contribution in [3.05, 3.63) is 23.5 Å². The second-order valence-corrected chi connectivity index (χ2v) is 6.06. The first-order valence-electron chi connectivity index (χ1n) is 6.17. The third-order valence-corrected chi connectivity index (χ3v) is 4.98. The Morgan fingerprint density at radius 2 is 2.32 bits per heavy atom. The minimum atomic E-state index is -1.27. The van der Waals surface area contributed by atoms with Crippen molar-refractivity contribution in [3.63, 3.8) is 0 Å². The highest BCUT2D eigenvalue weighted by Gasteiger charge is 2.31. The summed E-state index contributed by atoms with van der Waals surface area (Å²) in [7, 11) is 0. The van der Waals surface area contributed by atoms with Gasteiger partial charge in [0, 0.05) is 28.0 Å². The van der Waals surface area contributed by atoms with Crippen molar-refractivity contribution in [1.29, 1.82) is 0 Å². The summed E-state index contributed by atoms with van der Waals surface area (Å²) < 4.78 is 19.5. The largest absolute Gasteiger partial charge is 0.378 e. The second kappa shape index (κ2) is 4.77. The van der Waals surface area contributed by atoms with Crippen LogP contribution in [-0.2, 0) is 9.53 Å². The lowest BCUT2D eigenvalue weighted by atomic mass is 10.1. The molecule has 6 heteroatoms. The third kappa shape index (κ3) is 2.24. The summed E-state index contributed by atoms with van der Waals surface area (Å²) in [5, 5.41) is 12.4. The van der Waals surface area contributed by atoms with Gasteiger partial charge in [0.1, 0.15) is 5.82 Å². The molecule has 2 heterocycles. The van der Waals surface area contributed by atoms with E-state index in [9.17, 15) is 14.3 Å². The quantitative estimate of drug-likeness (QED) is 0.872. The summed E-state index contributed by atoms with van der Waals surface area (Å²) in [4.78, 5) is 11.8. The summed E-state index contributed by atoms with van der Waals surface area (Å²) in [6.07, 6.45) is -0.285. The molecule has 0 radical (unpaired) electrons. The standard InChI is InChI=1S/C13H14FNO3S/c1-6-10(2-3-18-6)19-11-5-9-7(4-8(11)14)12(16)13(17)15-9/h4-6,10,12,16H,2-3H2,1H3,(H,15,17). The van der Waals surface area contributed by atoms with E-state index < -0.39 is 17.8 Å². The molecule has 0 aliphatic carbocycles. The summed E-state index contributed by atoms with van der Waals surface area (Å²) in [5.41, 5.74) is 0.801. The zero-order valence-corrected chi connectivity index (χ0v) is 11.2. The molecule has 0 spiro atoms. The van der Waals surface area contributed by atoms with Gasteiger partial charge in [0.25, 0.3) is 5.91 Å². The maximum absolute atomic E-state index is 14.0. The number of fused-ring (bicyclic) bond motifs is 1. The summed E-state index contributed by atoms with van der Waals surface area (Å²) >= 11 is 1.42. The Bertz CT molecular complexity index is 537. The minimum absolute atomic E-state index is 0.0952. The number of carbonyl (C=O) groups excluding carboxylic acids is 1. The first kappa shape index (κ1) is 12.9. The van der Waals surface area contributed by atoms with Crippen molar-refractivity contribution >= 4 is 23.4 Å². The number of ether oxygens (including phenoxy) is 1. The smallest absolute Gasteiger partial charge is 0.257 e. The minimum Gasteiger partial charge on any atom is -0.378 e. The highest BCUT2D eigenvalue weighted by atomic mass is 32.2. The molecule has 102 valence electrons. The molecule has 4 nitrogen and oxygen atoms in total. The number of anilines is 1. The van der Waals surface area contributed by atoms with Crippen LogP contribution >= 0.6 is 11.8 Å². The van der Waals surface area contributed by atoms with Crippen LogP contribution in [0.15, 0.2) is 17.0 Å². The van der Waals surface area contributed by atoms with E-state index in [-0.39, 0.29) is 11.4 Å². The van der Waals surface area contributed by atoms with Gasteiger partial charge in [-0.3, -0.25) is 4.79 Å². The Morgan fingerprint density at radius 3 is 3.00 bits per heavy atom. The molecule has 3 atom stereocenters.